The molecule has 0 aromatic heterocycles. The summed E-state index contributed by atoms with van der Waals surface area (Å²) in [5.74, 6) is 0.195. The average molecular weight is 245 g/mol. The van der Waals surface area contributed by atoms with Gasteiger partial charge in [0.2, 0.25) is 0 Å². The third-order valence-electron chi connectivity index (χ3n) is 3.39. The van der Waals surface area contributed by atoms with Crippen molar-refractivity contribution < 1.29 is 4.79 Å². The van der Waals surface area contributed by atoms with Crippen LogP contribution in [0.1, 0.15) is 44.7 Å². The van der Waals surface area contributed by atoms with E-state index in [1.54, 1.807) is 0 Å². The van der Waals surface area contributed by atoms with Gasteiger partial charge in [0, 0.05) is 12.1 Å². The number of rotatable bonds is 5. The number of hydrogen-bond acceptors (Lipinski definition) is 2. The first-order valence-corrected chi connectivity index (χ1v) is 6.67. The van der Waals surface area contributed by atoms with Crippen LogP contribution in [0.25, 0.3) is 0 Å². The molecule has 1 aromatic rings. The molecule has 0 heterocycles. The molecule has 0 saturated heterocycles. The summed E-state index contributed by atoms with van der Waals surface area (Å²) in [7, 11) is 0. The second kappa shape index (κ2) is 6.48. The van der Waals surface area contributed by atoms with E-state index in [-0.39, 0.29) is 11.7 Å². The van der Waals surface area contributed by atoms with Gasteiger partial charge in [-0.25, -0.2) is 0 Å². The lowest BCUT2D eigenvalue weighted by molar-refractivity contribution is -0.120. The highest BCUT2D eigenvalue weighted by Gasteiger charge is 2.16. The maximum Gasteiger partial charge on any atom is 0.141 e. The fourth-order valence-electron chi connectivity index (χ4n) is 2.10. The molecule has 0 aliphatic carbocycles. The van der Waals surface area contributed by atoms with E-state index in [0.717, 1.165) is 28.9 Å². The molecule has 1 unspecified atom stereocenters. The summed E-state index contributed by atoms with van der Waals surface area (Å²) in [5.41, 5.74) is 4.33. The Morgan fingerprint density at radius 2 is 1.72 bits per heavy atom. The molecule has 18 heavy (non-hydrogen) atoms. The normalized spacial score (nSPS) is 13.5. The number of hydrogen-bond donors (Lipinski definition) is 0. The summed E-state index contributed by atoms with van der Waals surface area (Å²) >= 11 is 0. The molecule has 0 radical (unpaired) electrons. The minimum atomic E-state index is -0.0704. The Morgan fingerprint density at radius 1 is 1.17 bits per heavy atom. The molecule has 1 rings (SSSR count). The quantitative estimate of drug-likeness (QED) is 0.707. The number of ketones is 1. The molecule has 2 nitrogen and oxygen atoms in total. The number of carbonyl (C=O) groups is 1. The van der Waals surface area contributed by atoms with Crippen molar-refractivity contribution in [2.45, 2.75) is 47.5 Å². The molecule has 0 aliphatic rings. The van der Waals surface area contributed by atoms with E-state index in [1.165, 1.54) is 0 Å². The average Bonchev–Trinajstić information content (AvgIpc) is 2.37. The van der Waals surface area contributed by atoms with E-state index >= 15 is 0 Å². The van der Waals surface area contributed by atoms with Crippen LogP contribution in [0, 0.1) is 19.8 Å². The zero-order valence-electron chi connectivity index (χ0n) is 12.1. The zero-order chi connectivity index (χ0) is 13.7. The molecule has 0 bridgehead atoms. The smallest absolute Gasteiger partial charge is 0.141 e. The predicted octanol–water partition coefficient (Wildman–Crippen LogP) is 4.40. The van der Waals surface area contributed by atoms with E-state index in [2.05, 4.69) is 32.9 Å². The van der Waals surface area contributed by atoms with Crippen molar-refractivity contribution in [2.24, 2.45) is 10.9 Å². The summed E-state index contributed by atoms with van der Waals surface area (Å²) in [5, 5.41) is 0. The number of para-hydroxylation sites is 1. The van der Waals surface area contributed by atoms with E-state index in [0.29, 0.717) is 6.42 Å². The fraction of sp³-hybridized carbons (Fsp3) is 0.500. The van der Waals surface area contributed by atoms with Gasteiger partial charge in [-0.1, -0.05) is 39.0 Å². The standard InChI is InChI=1S/C16H23NO/c1-6-14(13(5)15(18)7-2)17-16-11(3)9-8-10-12(16)4/h8-10,13H,6-7H2,1-5H3/b17-14-. The largest absolute Gasteiger partial charge is 0.299 e. The van der Waals surface area contributed by atoms with Gasteiger partial charge in [0.25, 0.3) is 0 Å². The van der Waals surface area contributed by atoms with E-state index in [1.807, 2.05) is 19.9 Å². The van der Waals surface area contributed by atoms with Crippen molar-refractivity contribution in [3.8, 4) is 0 Å². The van der Waals surface area contributed by atoms with Crippen LogP contribution in [0.4, 0.5) is 5.69 Å². The van der Waals surface area contributed by atoms with Crippen molar-refractivity contribution in [1.82, 2.24) is 0 Å². The molecule has 0 amide bonds. The molecular formula is C16H23NO. The van der Waals surface area contributed by atoms with E-state index in [9.17, 15) is 4.79 Å². The molecule has 98 valence electrons. The molecule has 0 spiro atoms. The molecule has 0 N–H and O–H groups in total. The summed E-state index contributed by atoms with van der Waals surface area (Å²) < 4.78 is 0. The van der Waals surface area contributed by atoms with Crippen LogP contribution in [0.15, 0.2) is 23.2 Å². The zero-order valence-corrected chi connectivity index (χ0v) is 12.1. The molecule has 2 heteroatoms. The molecule has 1 aromatic carbocycles. The summed E-state index contributed by atoms with van der Waals surface area (Å²) in [4.78, 5) is 16.5. The minimum absolute atomic E-state index is 0.0704. The molecular weight excluding hydrogens is 222 g/mol. The van der Waals surface area contributed by atoms with Crippen LogP contribution < -0.4 is 0 Å². The van der Waals surface area contributed by atoms with Crippen LogP contribution in [0.3, 0.4) is 0 Å². The van der Waals surface area contributed by atoms with Gasteiger partial charge in [0.1, 0.15) is 5.78 Å². The van der Waals surface area contributed by atoms with E-state index in [4.69, 9.17) is 4.99 Å². The monoisotopic (exact) mass is 245 g/mol. The summed E-state index contributed by atoms with van der Waals surface area (Å²) in [6.45, 7) is 10.1. The molecule has 0 fully saturated rings. The van der Waals surface area contributed by atoms with Crippen LogP contribution in [0.5, 0.6) is 0 Å². The van der Waals surface area contributed by atoms with Gasteiger partial charge in [-0.15, -0.1) is 0 Å². The summed E-state index contributed by atoms with van der Waals surface area (Å²) in [6.07, 6.45) is 1.40. The van der Waals surface area contributed by atoms with Gasteiger partial charge in [0.15, 0.2) is 0 Å². The van der Waals surface area contributed by atoms with Crippen molar-refractivity contribution in [2.75, 3.05) is 0 Å². The lowest BCUT2D eigenvalue weighted by Gasteiger charge is -2.13. The second-order valence-electron chi connectivity index (χ2n) is 4.74. The van der Waals surface area contributed by atoms with Gasteiger partial charge < -0.3 is 0 Å². The second-order valence-corrected chi connectivity index (χ2v) is 4.74. The van der Waals surface area contributed by atoms with Gasteiger partial charge in [-0.05, 0) is 31.4 Å². The SMILES string of the molecule is CCC(=O)C(C)/C(CC)=N\c1c(C)cccc1C. The third-order valence-corrected chi connectivity index (χ3v) is 3.39. The first-order chi connectivity index (χ1) is 8.51. The Balaban J connectivity index is 3.15. The van der Waals surface area contributed by atoms with Crippen LogP contribution in [-0.4, -0.2) is 11.5 Å². The van der Waals surface area contributed by atoms with Gasteiger partial charge in [0.05, 0.1) is 11.6 Å². The van der Waals surface area contributed by atoms with Crippen molar-refractivity contribution in [1.29, 1.82) is 0 Å². The number of aryl methyl sites for hydroxylation is 2. The third kappa shape index (κ3) is 3.28. The molecule has 0 aliphatic heterocycles. The highest BCUT2D eigenvalue weighted by atomic mass is 16.1. The predicted molar refractivity (Wildman–Crippen MR) is 77.8 cm³/mol. The van der Waals surface area contributed by atoms with E-state index < -0.39 is 0 Å². The first kappa shape index (κ1) is 14.6. The van der Waals surface area contributed by atoms with Crippen molar-refractivity contribution in [3.05, 3.63) is 29.3 Å². The molecule has 1 atom stereocenters. The maximum atomic E-state index is 11.8. The lowest BCUT2D eigenvalue weighted by atomic mass is 9.96. The number of carbonyl (C=O) groups excluding carboxylic acids is 1. The highest BCUT2D eigenvalue weighted by molar-refractivity contribution is 6.05. The van der Waals surface area contributed by atoms with Crippen LogP contribution >= 0.6 is 0 Å². The van der Waals surface area contributed by atoms with Gasteiger partial charge in [-0.3, -0.25) is 9.79 Å². The van der Waals surface area contributed by atoms with Crippen LogP contribution in [0.2, 0.25) is 0 Å². The minimum Gasteiger partial charge on any atom is -0.299 e. The lowest BCUT2D eigenvalue weighted by Crippen LogP contribution is -2.19. The van der Waals surface area contributed by atoms with Crippen LogP contribution in [-0.2, 0) is 4.79 Å². The van der Waals surface area contributed by atoms with Crippen molar-refractivity contribution >= 4 is 17.2 Å². The Hall–Kier alpha value is -1.44. The number of benzene rings is 1. The number of nitrogens with zero attached hydrogens (tertiary/aromatic N) is 1. The number of aliphatic imine (C=N–C) groups is 1. The Labute approximate surface area is 110 Å². The first-order valence-electron chi connectivity index (χ1n) is 6.67. The van der Waals surface area contributed by atoms with Gasteiger partial charge >= 0.3 is 0 Å². The van der Waals surface area contributed by atoms with Crippen molar-refractivity contribution in [3.63, 3.8) is 0 Å². The Morgan fingerprint density at radius 3 is 2.17 bits per heavy atom. The summed E-state index contributed by atoms with van der Waals surface area (Å²) in [6, 6.07) is 6.16. The van der Waals surface area contributed by atoms with Gasteiger partial charge in [-0.2, -0.15) is 0 Å². The topological polar surface area (TPSA) is 29.4 Å². The molecule has 0 saturated carbocycles. The Bertz CT molecular complexity index is 440. The number of Topliss-reactive ketones (excluding diaryl/α,β-unsaturated/α-hetero) is 1. The maximum absolute atomic E-state index is 11.8. The highest BCUT2D eigenvalue weighted by Crippen LogP contribution is 2.25. The fourth-order valence-corrected chi connectivity index (χ4v) is 2.10. The Kier molecular flexibility index (Phi) is 5.26.